The number of anilines is 2. The summed E-state index contributed by atoms with van der Waals surface area (Å²) in [5.74, 6) is 2.47. The molecule has 26 heavy (non-hydrogen) atoms. The molecule has 0 aromatic heterocycles. The summed E-state index contributed by atoms with van der Waals surface area (Å²) in [5, 5.41) is 5.23. The molecule has 0 unspecified atom stereocenters. The van der Waals surface area contributed by atoms with E-state index in [4.69, 9.17) is 11.2 Å². The van der Waals surface area contributed by atoms with Crippen LogP contribution in [0.25, 0.3) is 0 Å². The number of carbonyl (C=O) groups is 1. The van der Waals surface area contributed by atoms with Crippen LogP contribution in [0.4, 0.5) is 29.3 Å². The average Bonchev–Trinajstić information content (AvgIpc) is 2.61. The van der Waals surface area contributed by atoms with Gasteiger partial charge in [0.1, 0.15) is 0 Å². The molecule has 1 aromatic rings. The smallest absolute Gasteiger partial charge is 0.378 e. The summed E-state index contributed by atoms with van der Waals surface area (Å²) >= 11 is 0. The van der Waals surface area contributed by atoms with Crippen molar-refractivity contribution in [3.8, 4) is 12.3 Å². The van der Waals surface area contributed by atoms with E-state index in [0.29, 0.717) is 44.8 Å². The van der Waals surface area contributed by atoms with Gasteiger partial charge in [-0.15, -0.1) is 12.3 Å². The number of amides is 2. The Morgan fingerprint density at radius 1 is 1.38 bits per heavy atom. The van der Waals surface area contributed by atoms with E-state index in [9.17, 15) is 18.0 Å². The second-order valence-corrected chi connectivity index (χ2v) is 5.94. The largest absolute Gasteiger partial charge is 0.416 e. The first-order valence-electron chi connectivity index (χ1n) is 8.40. The molecule has 0 radical (unpaired) electrons. The van der Waals surface area contributed by atoms with Crippen molar-refractivity contribution in [2.75, 3.05) is 36.5 Å². The summed E-state index contributed by atoms with van der Waals surface area (Å²) in [6.07, 6.45) is 1.73. The molecule has 1 heterocycles. The predicted octanol–water partition coefficient (Wildman–Crippen LogP) is 3.47. The molecular weight excluding hydrogens is 347 g/mol. The molecule has 1 aliphatic heterocycles. The van der Waals surface area contributed by atoms with Crippen LogP contribution in [0.5, 0.6) is 0 Å². The number of carbonyl (C=O) groups excluding carboxylic acids is 1. The van der Waals surface area contributed by atoms with Crippen LogP contribution in [0.3, 0.4) is 0 Å². The van der Waals surface area contributed by atoms with Gasteiger partial charge in [-0.05, 0) is 24.6 Å². The maximum atomic E-state index is 13.1. The number of terminal acetylenes is 1. The molecule has 0 spiro atoms. The molecule has 1 atom stereocenters. The number of nitrogens with zero attached hydrogens (tertiary/aromatic N) is 1. The number of ether oxygens (including phenoxy) is 1. The van der Waals surface area contributed by atoms with Gasteiger partial charge in [-0.2, -0.15) is 13.2 Å². The molecule has 0 aliphatic carbocycles. The first-order chi connectivity index (χ1) is 12.3. The molecule has 142 valence electrons. The average molecular weight is 369 g/mol. The minimum atomic E-state index is -4.49. The lowest BCUT2D eigenvalue weighted by Crippen LogP contribution is -2.39. The highest BCUT2D eigenvalue weighted by atomic mass is 19.4. The molecule has 2 amide bonds. The Morgan fingerprint density at radius 2 is 2.08 bits per heavy atom. The van der Waals surface area contributed by atoms with E-state index in [1.165, 1.54) is 6.07 Å². The molecule has 2 N–H and O–H groups in total. The van der Waals surface area contributed by atoms with Crippen LogP contribution >= 0.6 is 0 Å². The van der Waals surface area contributed by atoms with Crippen LogP contribution in [0.1, 0.15) is 25.3 Å². The minimum Gasteiger partial charge on any atom is -0.378 e. The summed E-state index contributed by atoms with van der Waals surface area (Å²) in [6.45, 7) is 3.90. The Morgan fingerprint density at radius 3 is 2.65 bits per heavy atom. The second kappa shape index (κ2) is 8.81. The topological polar surface area (TPSA) is 53.6 Å². The van der Waals surface area contributed by atoms with Crippen LogP contribution in [-0.4, -0.2) is 38.4 Å². The first-order valence-corrected chi connectivity index (χ1v) is 8.40. The monoisotopic (exact) mass is 369 g/mol. The van der Waals surface area contributed by atoms with Gasteiger partial charge in [0.15, 0.2) is 0 Å². The van der Waals surface area contributed by atoms with E-state index in [1.807, 2.05) is 11.8 Å². The van der Waals surface area contributed by atoms with Crippen LogP contribution in [0.15, 0.2) is 18.2 Å². The highest BCUT2D eigenvalue weighted by Gasteiger charge is 2.32. The number of alkyl halides is 3. The number of hydrogen-bond acceptors (Lipinski definition) is 3. The third-order valence-electron chi connectivity index (χ3n) is 4.12. The van der Waals surface area contributed by atoms with Gasteiger partial charge >= 0.3 is 12.2 Å². The maximum absolute atomic E-state index is 13.1. The summed E-state index contributed by atoms with van der Waals surface area (Å²) in [5.41, 5.74) is -0.184. The Labute approximate surface area is 150 Å². The van der Waals surface area contributed by atoms with Crippen molar-refractivity contribution in [3.05, 3.63) is 23.8 Å². The van der Waals surface area contributed by atoms with Crippen LogP contribution in [0, 0.1) is 12.3 Å². The lowest BCUT2D eigenvalue weighted by atomic mass is 10.1. The van der Waals surface area contributed by atoms with E-state index in [1.54, 1.807) is 0 Å². The molecule has 2 rings (SSSR count). The van der Waals surface area contributed by atoms with Crippen molar-refractivity contribution in [2.45, 2.75) is 32.0 Å². The normalized spacial score (nSPS) is 15.9. The SMILES string of the molecule is C#CC[C@@H](CC)NC(=O)Nc1cc(C(F)(F)F)ccc1N1CCOCC1. The zero-order valence-corrected chi connectivity index (χ0v) is 14.5. The van der Waals surface area contributed by atoms with Crippen molar-refractivity contribution >= 4 is 17.4 Å². The molecule has 0 saturated carbocycles. The Kier molecular flexibility index (Phi) is 6.75. The number of halogens is 3. The van der Waals surface area contributed by atoms with Crippen LogP contribution in [0.2, 0.25) is 0 Å². The fourth-order valence-electron chi connectivity index (χ4n) is 2.68. The molecule has 8 heteroatoms. The summed E-state index contributed by atoms with van der Waals surface area (Å²) in [7, 11) is 0. The van der Waals surface area contributed by atoms with E-state index in [0.717, 1.165) is 12.1 Å². The van der Waals surface area contributed by atoms with Gasteiger partial charge in [-0.3, -0.25) is 0 Å². The predicted molar refractivity (Wildman–Crippen MR) is 94.2 cm³/mol. The maximum Gasteiger partial charge on any atom is 0.416 e. The van der Waals surface area contributed by atoms with Gasteiger partial charge in [-0.1, -0.05) is 6.92 Å². The molecular formula is C18H22F3N3O2. The van der Waals surface area contributed by atoms with Crippen molar-refractivity contribution in [2.24, 2.45) is 0 Å². The molecule has 5 nitrogen and oxygen atoms in total. The van der Waals surface area contributed by atoms with Crippen LogP contribution in [-0.2, 0) is 10.9 Å². The third-order valence-corrected chi connectivity index (χ3v) is 4.12. The van der Waals surface area contributed by atoms with Crippen LogP contribution < -0.4 is 15.5 Å². The third kappa shape index (κ3) is 5.30. The second-order valence-electron chi connectivity index (χ2n) is 5.94. The van der Waals surface area contributed by atoms with E-state index >= 15 is 0 Å². The number of morpholine rings is 1. The fourth-order valence-corrected chi connectivity index (χ4v) is 2.68. The molecule has 1 saturated heterocycles. The Balaban J connectivity index is 2.24. The lowest BCUT2D eigenvalue weighted by Gasteiger charge is -2.31. The number of benzene rings is 1. The molecule has 0 bridgehead atoms. The van der Waals surface area contributed by atoms with Gasteiger partial charge in [0.2, 0.25) is 0 Å². The zero-order valence-electron chi connectivity index (χ0n) is 14.5. The number of nitrogens with one attached hydrogen (secondary N) is 2. The highest BCUT2D eigenvalue weighted by Crippen LogP contribution is 2.35. The van der Waals surface area contributed by atoms with Crippen molar-refractivity contribution in [1.82, 2.24) is 5.32 Å². The van der Waals surface area contributed by atoms with Crippen molar-refractivity contribution in [3.63, 3.8) is 0 Å². The Hall–Kier alpha value is -2.40. The summed E-state index contributed by atoms with van der Waals surface area (Å²) in [6, 6.07) is 2.52. The van der Waals surface area contributed by atoms with Gasteiger partial charge in [-0.25, -0.2) is 4.79 Å². The van der Waals surface area contributed by atoms with E-state index in [-0.39, 0.29) is 11.7 Å². The fraction of sp³-hybridized carbons (Fsp3) is 0.500. The first kappa shape index (κ1) is 19.9. The van der Waals surface area contributed by atoms with Crippen molar-refractivity contribution in [1.29, 1.82) is 0 Å². The quantitative estimate of drug-likeness (QED) is 0.782. The zero-order chi connectivity index (χ0) is 19.2. The minimum absolute atomic E-state index is 0.106. The summed E-state index contributed by atoms with van der Waals surface area (Å²) in [4.78, 5) is 14.1. The van der Waals surface area contributed by atoms with Gasteiger partial charge in [0.25, 0.3) is 0 Å². The number of rotatable bonds is 5. The number of urea groups is 1. The van der Waals surface area contributed by atoms with Gasteiger partial charge in [0.05, 0.1) is 30.2 Å². The van der Waals surface area contributed by atoms with Gasteiger partial charge in [0, 0.05) is 25.6 Å². The number of hydrogen-bond donors (Lipinski definition) is 2. The van der Waals surface area contributed by atoms with Crippen molar-refractivity contribution < 1.29 is 22.7 Å². The molecule has 1 aliphatic rings. The molecule has 1 aromatic carbocycles. The highest BCUT2D eigenvalue weighted by molar-refractivity contribution is 5.93. The van der Waals surface area contributed by atoms with E-state index < -0.39 is 17.8 Å². The Bertz CT molecular complexity index is 665. The molecule has 1 fully saturated rings. The van der Waals surface area contributed by atoms with Gasteiger partial charge < -0.3 is 20.3 Å². The summed E-state index contributed by atoms with van der Waals surface area (Å²) < 4.78 is 44.5. The standard InChI is InChI=1S/C18H22F3N3O2/c1-3-5-14(4-2)22-17(25)23-15-12-13(18(19,20)21)6-7-16(15)24-8-10-26-11-9-24/h1,6-7,12,14H,4-5,8-11H2,2H3,(H2,22,23,25)/t14-/m1/s1. The van der Waals surface area contributed by atoms with E-state index in [2.05, 4.69) is 16.6 Å². The lowest BCUT2D eigenvalue weighted by molar-refractivity contribution is -0.137.